The maximum atomic E-state index is 5.74. The van der Waals surface area contributed by atoms with E-state index in [0.717, 1.165) is 24.3 Å². The lowest BCUT2D eigenvalue weighted by molar-refractivity contribution is 0.937. The standard InChI is InChI=1S/C7H13Cl/c1-3-5-7(8)6-4-2/h5H,3-4,6H2,1-2H3/b7-5-. The molecular formula is C7H13Cl. The molecule has 0 heterocycles. The predicted octanol–water partition coefficient (Wildman–Crippen LogP) is 3.32. The second kappa shape index (κ2) is 5.17. The van der Waals surface area contributed by atoms with Crippen LogP contribution in [0.25, 0.3) is 0 Å². The topological polar surface area (TPSA) is 0 Å². The molecule has 0 atom stereocenters. The summed E-state index contributed by atoms with van der Waals surface area (Å²) in [5.74, 6) is 0. The van der Waals surface area contributed by atoms with Crippen LogP contribution >= 0.6 is 11.6 Å². The van der Waals surface area contributed by atoms with Gasteiger partial charge >= 0.3 is 0 Å². The molecule has 0 nitrogen and oxygen atoms in total. The first-order valence-corrected chi connectivity index (χ1v) is 3.53. The van der Waals surface area contributed by atoms with E-state index < -0.39 is 0 Å². The van der Waals surface area contributed by atoms with Gasteiger partial charge in [-0.2, -0.15) is 0 Å². The Kier molecular flexibility index (Phi) is 5.19. The minimum absolute atomic E-state index is 1.01. The maximum absolute atomic E-state index is 5.74. The number of halogens is 1. The van der Waals surface area contributed by atoms with E-state index in [1.165, 1.54) is 0 Å². The Morgan fingerprint density at radius 3 is 2.50 bits per heavy atom. The lowest BCUT2D eigenvalue weighted by Crippen LogP contribution is -1.69. The third-order valence-electron chi connectivity index (χ3n) is 0.914. The van der Waals surface area contributed by atoms with Crippen LogP contribution in [0.1, 0.15) is 33.1 Å². The zero-order valence-corrected chi connectivity index (χ0v) is 6.33. The number of hydrogen-bond donors (Lipinski definition) is 0. The average molecular weight is 133 g/mol. The molecule has 0 saturated heterocycles. The highest BCUT2D eigenvalue weighted by atomic mass is 35.5. The summed E-state index contributed by atoms with van der Waals surface area (Å²) >= 11 is 5.74. The van der Waals surface area contributed by atoms with Crippen LogP contribution in [0.15, 0.2) is 11.1 Å². The highest BCUT2D eigenvalue weighted by Gasteiger charge is 1.85. The zero-order valence-electron chi connectivity index (χ0n) is 5.58. The summed E-state index contributed by atoms with van der Waals surface area (Å²) in [6, 6.07) is 0. The van der Waals surface area contributed by atoms with Crippen molar-refractivity contribution in [2.45, 2.75) is 33.1 Å². The van der Waals surface area contributed by atoms with Crippen LogP contribution in [0.3, 0.4) is 0 Å². The molecule has 0 rings (SSSR count). The third kappa shape index (κ3) is 4.20. The van der Waals surface area contributed by atoms with Crippen LogP contribution in [0.2, 0.25) is 0 Å². The molecule has 48 valence electrons. The van der Waals surface area contributed by atoms with Crippen molar-refractivity contribution in [2.24, 2.45) is 0 Å². The van der Waals surface area contributed by atoms with E-state index in [4.69, 9.17) is 11.6 Å². The van der Waals surface area contributed by atoms with Crippen LogP contribution in [0, 0.1) is 0 Å². The van der Waals surface area contributed by atoms with E-state index in [2.05, 4.69) is 19.9 Å². The van der Waals surface area contributed by atoms with Gasteiger partial charge in [-0.05, 0) is 12.8 Å². The lowest BCUT2D eigenvalue weighted by Gasteiger charge is -1.90. The molecule has 1 heteroatoms. The number of rotatable bonds is 3. The molecule has 0 unspecified atom stereocenters. The molecule has 0 saturated carbocycles. The monoisotopic (exact) mass is 132 g/mol. The second-order valence-electron chi connectivity index (χ2n) is 1.81. The smallest absolute Gasteiger partial charge is 0.0140 e. The Bertz CT molecular complexity index is 74.5. The van der Waals surface area contributed by atoms with Gasteiger partial charge in [-0.3, -0.25) is 0 Å². The zero-order chi connectivity index (χ0) is 6.41. The van der Waals surface area contributed by atoms with E-state index in [1.54, 1.807) is 0 Å². The Morgan fingerprint density at radius 1 is 1.50 bits per heavy atom. The van der Waals surface area contributed by atoms with Gasteiger partial charge in [0.1, 0.15) is 0 Å². The molecular weight excluding hydrogens is 120 g/mol. The fourth-order valence-electron chi connectivity index (χ4n) is 0.562. The molecule has 0 aliphatic carbocycles. The molecule has 0 aliphatic heterocycles. The van der Waals surface area contributed by atoms with Gasteiger partial charge in [0.15, 0.2) is 0 Å². The van der Waals surface area contributed by atoms with E-state index in [-0.39, 0.29) is 0 Å². The molecule has 8 heavy (non-hydrogen) atoms. The first-order chi connectivity index (χ1) is 3.81. The van der Waals surface area contributed by atoms with Crippen molar-refractivity contribution in [2.75, 3.05) is 0 Å². The van der Waals surface area contributed by atoms with Gasteiger partial charge in [0, 0.05) is 5.03 Å². The summed E-state index contributed by atoms with van der Waals surface area (Å²) in [5.41, 5.74) is 0. The van der Waals surface area contributed by atoms with Gasteiger partial charge in [0.25, 0.3) is 0 Å². The lowest BCUT2D eigenvalue weighted by atomic mass is 10.3. The summed E-state index contributed by atoms with van der Waals surface area (Å²) in [5, 5.41) is 1.01. The van der Waals surface area contributed by atoms with Crippen molar-refractivity contribution in [3.63, 3.8) is 0 Å². The number of allylic oxidation sites excluding steroid dienone is 2. The van der Waals surface area contributed by atoms with Gasteiger partial charge in [-0.25, -0.2) is 0 Å². The fourth-order valence-corrected chi connectivity index (χ4v) is 0.906. The Balaban J connectivity index is 3.29. The van der Waals surface area contributed by atoms with Crippen molar-refractivity contribution in [1.82, 2.24) is 0 Å². The average Bonchev–Trinajstić information content (AvgIpc) is 1.68. The molecule has 0 aromatic rings. The molecule has 0 spiro atoms. The molecule has 0 radical (unpaired) electrons. The minimum Gasteiger partial charge on any atom is -0.0895 e. The summed E-state index contributed by atoms with van der Waals surface area (Å²) in [7, 11) is 0. The molecule has 0 bridgehead atoms. The van der Waals surface area contributed by atoms with E-state index in [1.807, 2.05) is 0 Å². The van der Waals surface area contributed by atoms with Crippen LogP contribution in [-0.2, 0) is 0 Å². The summed E-state index contributed by atoms with van der Waals surface area (Å²) in [4.78, 5) is 0. The van der Waals surface area contributed by atoms with Crippen molar-refractivity contribution in [1.29, 1.82) is 0 Å². The van der Waals surface area contributed by atoms with E-state index in [9.17, 15) is 0 Å². The molecule has 0 fully saturated rings. The third-order valence-corrected chi connectivity index (χ3v) is 1.26. The maximum Gasteiger partial charge on any atom is 0.0140 e. The largest absolute Gasteiger partial charge is 0.0895 e. The van der Waals surface area contributed by atoms with Crippen molar-refractivity contribution < 1.29 is 0 Å². The van der Waals surface area contributed by atoms with Gasteiger partial charge in [-0.15, -0.1) is 0 Å². The Hall–Kier alpha value is 0.0300. The van der Waals surface area contributed by atoms with Gasteiger partial charge in [0.2, 0.25) is 0 Å². The molecule has 0 aliphatic rings. The minimum atomic E-state index is 1.01. The molecule has 0 amide bonds. The Morgan fingerprint density at radius 2 is 2.12 bits per heavy atom. The molecule has 0 N–H and O–H groups in total. The SMILES string of the molecule is CC/C=C(\Cl)CCC. The van der Waals surface area contributed by atoms with Gasteiger partial charge < -0.3 is 0 Å². The van der Waals surface area contributed by atoms with Crippen LogP contribution in [0.5, 0.6) is 0 Å². The summed E-state index contributed by atoms with van der Waals surface area (Å²) in [6.45, 7) is 4.23. The fraction of sp³-hybridized carbons (Fsp3) is 0.714. The molecule has 0 aromatic carbocycles. The van der Waals surface area contributed by atoms with Crippen LogP contribution in [0.4, 0.5) is 0 Å². The first kappa shape index (κ1) is 8.03. The van der Waals surface area contributed by atoms with E-state index >= 15 is 0 Å². The second-order valence-corrected chi connectivity index (χ2v) is 2.29. The van der Waals surface area contributed by atoms with Crippen LogP contribution < -0.4 is 0 Å². The summed E-state index contributed by atoms with van der Waals surface area (Å²) in [6.07, 6.45) is 5.30. The van der Waals surface area contributed by atoms with Crippen molar-refractivity contribution >= 4 is 11.6 Å². The highest BCUT2D eigenvalue weighted by molar-refractivity contribution is 6.29. The van der Waals surface area contributed by atoms with Crippen molar-refractivity contribution in [3.05, 3.63) is 11.1 Å². The first-order valence-electron chi connectivity index (χ1n) is 3.15. The summed E-state index contributed by atoms with van der Waals surface area (Å²) < 4.78 is 0. The van der Waals surface area contributed by atoms with Crippen molar-refractivity contribution in [3.8, 4) is 0 Å². The predicted molar refractivity (Wildman–Crippen MR) is 39.1 cm³/mol. The molecule has 0 aromatic heterocycles. The Labute approximate surface area is 56.5 Å². The number of hydrogen-bond acceptors (Lipinski definition) is 0. The normalized spacial score (nSPS) is 12.1. The van der Waals surface area contributed by atoms with E-state index in [0.29, 0.717) is 0 Å². The van der Waals surface area contributed by atoms with Gasteiger partial charge in [-0.1, -0.05) is 37.9 Å². The van der Waals surface area contributed by atoms with Gasteiger partial charge in [0.05, 0.1) is 0 Å². The highest BCUT2D eigenvalue weighted by Crippen LogP contribution is 2.09. The van der Waals surface area contributed by atoms with Crippen LogP contribution in [-0.4, -0.2) is 0 Å². The quantitative estimate of drug-likeness (QED) is 0.553.